The van der Waals surface area contributed by atoms with Crippen LogP contribution < -0.4 is 15.4 Å². The average Bonchev–Trinajstić information content (AvgIpc) is 3.15. The lowest BCUT2D eigenvalue weighted by molar-refractivity contribution is 0.102. The first-order valence-corrected chi connectivity index (χ1v) is 10.7. The lowest BCUT2D eigenvalue weighted by Crippen LogP contribution is -2.20. The highest BCUT2D eigenvalue weighted by atomic mass is 35.5. The predicted molar refractivity (Wildman–Crippen MR) is 116 cm³/mol. The van der Waals surface area contributed by atoms with Gasteiger partial charge in [0.05, 0.1) is 29.0 Å². The molecule has 2 aromatic carbocycles. The van der Waals surface area contributed by atoms with Crippen LogP contribution in [0.1, 0.15) is 16.8 Å². The molecule has 10 heteroatoms. The SMILES string of the molecule is COc1ccc(S(=O)(=O)C[C@H]2CCNC2)cc1C(=O)Nc1ccc(Cl)cc1F.S. The highest BCUT2D eigenvalue weighted by molar-refractivity contribution is 7.91. The molecule has 0 aliphatic carbocycles. The van der Waals surface area contributed by atoms with E-state index in [-0.39, 0.29) is 52.1 Å². The summed E-state index contributed by atoms with van der Waals surface area (Å²) in [4.78, 5) is 12.7. The van der Waals surface area contributed by atoms with Crippen molar-refractivity contribution in [1.82, 2.24) is 5.32 Å². The monoisotopic (exact) mass is 460 g/mol. The lowest BCUT2D eigenvalue weighted by atomic mass is 10.1. The second-order valence-electron chi connectivity index (χ2n) is 6.58. The molecule has 1 saturated heterocycles. The van der Waals surface area contributed by atoms with Gasteiger partial charge in [-0.2, -0.15) is 13.5 Å². The van der Waals surface area contributed by atoms with Crippen molar-refractivity contribution in [3.8, 4) is 5.75 Å². The molecule has 0 bridgehead atoms. The third-order valence-electron chi connectivity index (χ3n) is 4.57. The van der Waals surface area contributed by atoms with Crippen LogP contribution in [0.5, 0.6) is 5.75 Å². The van der Waals surface area contributed by atoms with Crippen LogP contribution >= 0.6 is 25.1 Å². The molecule has 1 fully saturated rings. The molecule has 0 unspecified atom stereocenters. The van der Waals surface area contributed by atoms with E-state index in [1.54, 1.807) is 0 Å². The number of rotatable bonds is 6. The number of amides is 1. The Balaban J connectivity index is 0.00000300. The topological polar surface area (TPSA) is 84.5 Å². The number of sulfone groups is 1. The van der Waals surface area contributed by atoms with Crippen LogP contribution in [-0.2, 0) is 9.84 Å². The van der Waals surface area contributed by atoms with Crippen molar-refractivity contribution in [3.05, 3.63) is 52.8 Å². The largest absolute Gasteiger partial charge is 0.496 e. The van der Waals surface area contributed by atoms with Gasteiger partial charge >= 0.3 is 0 Å². The van der Waals surface area contributed by atoms with Crippen molar-refractivity contribution in [2.24, 2.45) is 5.92 Å². The Morgan fingerprint density at radius 2 is 2.07 bits per heavy atom. The number of halogens is 2. The zero-order chi connectivity index (χ0) is 20.3. The number of methoxy groups -OCH3 is 1. The van der Waals surface area contributed by atoms with Crippen molar-refractivity contribution >= 4 is 46.5 Å². The van der Waals surface area contributed by atoms with Gasteiger partial charge in [0.2, 0.25) is 0 Å². The summed E-state index contributed by atoms with van der Waals surface area (Å²) in [5.74, 6) is -1.16. The van der Waals surface area contributed by atoms with E-state index in [1.165, 1.54) is 37.4 Å². The molecule has 0 saturated carbocycles. The van der Waals surface area contributed by atoms with Crippen molar-refractivity contribution in [3.63, 3.8) is 0 Å². The molecule has 0 aromatic heterocycles. The van der Waals surface area contributed by atoms with Gasteiger partial charge in [-0.15, -0.1) is 0 Å². The molecule has 6 nitrogen and oxygen atoms in total. The van der Waals surface area contributed by atoms with Gasteiger partial charge in [-0.1, -0.05) is 11.6 Å². The first kappa shape index (κ1) is 23.5. The van der Waals surface area contributed by atoms with Gasteiger partial charge in [-0.25, -0.2) is 12.8 Å². The minimum atomic E-state index is -3.58. The lowest BCUT2D eigenvalue weighted by Gasteiger charge is -2.14. The molecule has 1 aliphatic rings. The number of hydrogen-bond acceptors (Lipinski definition) is 5. The first-order chi connectivity index (χ1) is 13.3. The molecule has 1 heterocycles. The maximum Gasteiger partial charge on any atom is 0.259 e. The van der Waals surface area contributed by atoms with Gasteiger partial charge in [-0.05, 0) is 61.8 Å². The van der Waals surface area contributed by atoms with E-state index in [4.69, 9.17) is 16.3 Å². The van der Waals surface area contributed by atoms with Crippen LogP contribution in [-0.4, -0.2) is 40.3 Å². The van der Waals surface area contributed by atoms with E-state index < -0.39 is 21.6 Å². The van der Waals surface area contributed by atoms with Gasteiger partial charge in [-0.3, -0.25) is 4.79 Å². The summed E-state index contributed by atoms with van der Waals surface area (Å²) in [5, 5.41) is 5.76. The Morgan fingerprint density at radius 1 is 1.31 bits per heavy atom. The van der Waals surface area contributed by atoms with Gasteiger partial charge in [0.15, 0.2) is 9.84 Å². The number of carbonyl (C=O) groups excluding carboxylic acids is 1. The quantitative estimate of drug-likeness (QED) is 0.691. The van der Waals surface area contributed by atoms with Gasteiger partial charge < -0.3 is 15.4 Å². The van der Waals surface area contributed by atoms with Crippen LogP contribution in [0.25, 0.3) is 0 Å². The van der Waals surface area contributed by atoms with E-state index in [2.05, 4.69) is 10.6 Å². The molecule has 1 amide bonds. The zero-order valence-electron chi connectivity index (χ0n) is 15.7. The minimum absolute atomic E-state index is 0. The fraction of sp³-hybridized carbons (Fsp3) is 0.316. The second kappa shape index (κ2) is 9.80. The van der Waals surface area contributed by atoms with Crippen LogP contribution in [0.3, 0.4) is 0 Å². The minimum Gasteiger partial charge on any atom is -0.496 e. The molecule has 1 aliphatic heterocycles. The summed E-state index contributed by atoms with van der Waals surface area (Å²) in [5.41, 5.74) is -0.0655. The van der Waals surface area contributed by atoms with Gasteiger partial charge in [0.1, 0.15) is 11.6 Å². The molecule has 158 valence electrons. The van der Waals surface area contributed by atoms with Crippen LogP contribution in [0.2, 0.25) is 5.02 Å². The Labute approximate surface area is 181 Å². The average molecular weight is 461 g/mol. The first-order valence-electron chi connectivity index (χ1n) is 8.68. The van der Waals surface area contributed by atoms with Gasteiger partial charge in [0, 0.05) is 5.02 Å². The number of anilines is 1. The molecule has 3 rings (SSSR count). The van der Waals surface area contributed by atoms with Crippen LogP contribution in [0.15, 0.2) is 41.3 Å². The summed E-state index contributed by atoms with van der Waals surface area (Å²) >= 11 is 5.72. The molecule has 2 aromatic rings. The summed E-state index contributed by atoms with van der Waals surface area (Å²) < 4.78 is 44.6. The van der Waals surface area contributed by atoms with E-state index in [0.717, 1.165) is 19.0 Å². The number of benzene rings is 2. The fourth-order valence-corrected chi connectivity index (χ4v) is 4.93. The maximum absolute atomic E-state index is 14.0. The summed E-state index contributed by atoms with van der Waals surface area (Å²) in [7, 11) is -2.21. The number of ether oxygens (including phenoxy) is 1. The highest BCUT2D eigenvalue weighted by Gasteiger charge is 2.26. The number of hydrogen-bond donors (Lipinski definition) is 2. The Hall–Kier alpha value is -1.81. The molecule has 2 N–H and O–H groups in total. The second-order valence-corrected chi connectivity index (χ2v) is 9.05. The number of nitrogens with one attached hydrogen (secondary N) is 2. The molecular formula is C19H22ClFN2O4S2. The molecular weight excluding hydrogens is 439 g/mol. The normalized spacial score (nSPS) is 16.2. The highest BCUT2D eigenvalue weighted by Crippen LogP contribution is 2.27. The molecule has 29 heavy (non-hydrogen) atoms. The molecule has 0 spiro atoms. The fourth-order valence-electron chi connectivity index (χ4n) is 3.10. The van der Waals surface area contributed by atoms with Gasteiger partial charge in [0.25, 0.3) is 5.91 Å². The summed E-state index contributed by atoms with van der Waals surface area (Å²) in [6.45, 7) is 1.45. The number of carbonyl (C=O) groups is 1. The smallest absolute Gasteiger partial charge is 0.259 e. The van der Waals surface area contributed by atoms with E-state index in [0.29, 0.717) is 6.54 Å². The molecule has 0 radical (unpaired) electrons. The zero-order valence-corrected chi connectivity index (χ0v) is 18.2. The van der Waals surface area contributed by atoms with Crippen molar-refractivity contribution in [2.75, 3.05) is 31.3 Å². The van der Waals surface area contributed by atoms with Crippen LogP contribution in [0, 0.1) is 11.7 Å². The maximum atomic E-state index is 14.0. The molecule has 1 atom stereocenters. The Morgan fingerprint density at radius 3 is 2.69 bits per heavy atom. The predicted octanol–water partition coefficient (Wildman–Crippen LogP) is 3.24. The van der Waals surface area contributed by atoms with Crippen molar-refractivity contribution < 1.29 is 22.3 Å². The summed E-state index contributed by atoms with van der Waals surface area (Å²) in [6.07, 6.45) is 0.790. The van der Waals surface area contributed by atoms with Crippen LogP contribution in [0.4, 0.5) is 10.1 Å². The Kier molecular flexibility index (Phi) is 7.93. The Bertz CT molecular complexity index is 996. The van der Waals surface area contributed by atoms with Crippen molar-refractivity contribution in [2.45, 2.75) is 11.3 Å². The van der Waals surface area contributed by atoms with E-state index in [1.807, 2.05) is 0 Å². The third kappa shape index (κ3) is 5.63. The standard InChI is InChI=1S/C19H20ClFN2O4S.H2S/c1-27-18-5-3-14(28(25,26)11-12-6-7-22-10-12)9-15(18)19(24)23-17-4-2-13(20)8-16(17)21;/h2-5,8-9,12,22H,6-7,10-11H2,1H3,(H,23,24);1H2/t12-;/m0./s1. The summed E-state index contributed by atoms with van der Waals surface area (Å²) in [6, 6.07) is 7.94. The third-order valence-corrected chi connectivity index (χ3v) is 6.69. The van der Waals surface area contributed by atoms with Crippen molar-refractivity contribution in [1.29, 1.82) is 0 Å². The van der Waals surface area contributed by atoms with E-state index in [9.17, 15) is 17.6 Å². The van der Waals surface area contributed by atoms with E-state index >= 15 is 0 Å².